The molecule has 1 fully saturated rings. The summed E-state index contributed by atoms with van der Waals surface area (Å²) in [6, 6.07) is 14.8. The first-order chi connectivity index (χ1) is 14.9. The van der Waals surface area contributed by atoms with E-state index in [0.717, 1.165) is 11.1 Å². The Morgan fingerprint density at radius 2 is 1.77 bits per heavy atom. The van der Waals surface area contributed by atoms with Crippen molar-refractivity contribution in [2.45, 2.75) is 18.9 Å². The largest absolute Gasteiger partial charge is 0.491 e. The molecule has 0 aliphatic carbocycles. The van der Waals surface area contributed by atoms with Gasteiger partial charge in [0.15, 0.2) is 0 Å². The lowest BCUT2D eigenvalue weighted by Gasteiger charge is -2.24. The van der Waals surface area contributed by atoms with E-state index in [2.05, 4.69) is 4.74 Å². The number of amides is 1. The minimum atomic E-state index is -0.451. The highest BCUT2D eigenvalue weighted by atomic mass is 16.5. The second-order valence-corrected chi connectivity index (χ2v) is 7.45. The van der Waals surface area contributed by atoms with E-state index in [0.29, 0.717) is 17.7 Å². The van der Waals surface area contributed by atoms with Crippen molar-refractivity contribution >= 4 is 17.7 Å². The first-order valence-electron chi connectivity index (χ1n) is 10.1. The van der Waals surface area contributed by atoms with E-state index in [9.17, 15) is 14.7 Å². The number of nitrogens with one attached hydrogen (secondary N) is 1. The molecule has 4 N–H and O–H groups in total. The topological polar surface area (TPSA) is 126 Å². The number of nitrogen functional groups attached to an aromatic ring is 1. The standard InChI is InChI=1S/C23H27N3O5/c1-30-21(28)13-18-12-19(26(10-11-27)23(18)29)14-31-20-8-6-16(7-9-20)15-2-4-17(5-3-15)22(24)25/h2-9,18-19,27H,10-14H2,1H3,(H3,24,25)/t18-,19-/m0/s1. The summed E-state index contributed by atoms with van der Waals surface area (Å²) in [5.74, 6) is -0.331. The predicted octanol–water partition coefficient (Wildman–Crippen LogP) is 1.79. The Kier molecular flexibility index (Phi) is 7.25. The molecule has 2 atom stereocenters. The van der Waals surface area contributed by atoms with Crippen LogP contribution in [-0.2, 0) is 14.3 Å². The second-order valence-electron chi connectivity index (χ2n) is 7.45. The van der Waals surface area contributed by atoms with Gasteiger partial charge in [-0.1, -0.05) is 36.4 Å². The quantitative estimate of drug-likeness (QED) is 0.319. The van der Waals surface area contributed by atoms with E-state index in [1.54, 1.807) is 17.0 Å². The maximum absolute atomic E-state index is 12.6. The summed E-state index contributed by atoms with van der Waals surface area (Å²) in [6.45, 7) is 0.333. The first kappa shape index (κ1) is 22.3. The third kappa shape index (κ3) is 5.40. The molecule has 8 heteroatoms. The van der Waals surface area contributed by atoms with Crippen LogP contribution >= 0.6 is 0 Å². The van der Waals surface area contributed by atoms with Gasteiger partial charge in [0.05, 0.1) is 32.1 Å². The number of benzene rings is 2. The number of carbonyl (C=O) groups excluding carboxylic acids is 2. The van der Waals surface area contributed by atoms with Crippen molar-refractivity contribution in [2.24, 2.45) is 11.7 Å². The third-order valence-electron chi connectivity index (χ3n) is 5.44. The maximum atomic E-state index is 12.6. The van der Waals surface area contributed by atoms with Crippen LogP contribution in [0.3, 0.4) is 0 Å². The molecule has 0 radical (unpaired) electrons. The van der Waals surface area contributed by atoms with E-state index in [1.165, 1.54) is 7.11 Å². The molecule has 0 unspecified atom stereocenters. The van der Waals surface area contributed by atoms with Gasteiger partial charge in [0.1, 0.15) is 18.2 Å². The normalized spacial score (nSPS) is 18.1. The van der Waals surface area contributed by atoms with Gasteiger partial charge in [-0.25, -0.2) is 0 Å². The van der Waals surface area contributed by atoms with E-state index < -0.39 is 11.9 Å². The van der Waals surface area contributed by atoms with Crippen LogP contribution < -0.4 is 10.5 Å². The van der Waals surface area contributed by atoms with Gasteiger partial charge >= 0.3 is 5.97 Å². The van der Waals surface area contributed by atoms with Crippen LogP contribution in [-0.4, -0.2) is 60.6 Å². The Bertz CT molecular complexity index is 927. The van der Waals surface area contributed by atoms with E-state index in [4.69, 9.17) is 15.9 Å². The first-order valence-corrected chi connectivity index (χ1v) is 10.1. The number of hydrogen-bond acceptors (Lipinski definition) is 6. The number of aliphatic hydroxyl groups excluding tert-OH is 1. The van der Waals surface area contributed by atoms with Crippen molar-refractivity contribution in [2.75, 3.05) is 26.9 Å². The van der Waals surface area contributed by atoms with Crippen molar-refractivity contribution in [1.29, 1.82) is 5.41 Å². The lowest BCUT2D eigenvalue weighted by molar-refractivity contribution is -0.145. The Labute approximate surface area is 181 Å². The zero-order chi connectivity index (χ0) is 22.4. The monoisotopic (exact) mass is 425 g/mol. The average molecular weight is 425 g/mol. The summed E-state index contributed by atoms with van der Waals surface area (Å²) >= 11 is 0. The molecule has 0 aromatic heterocycles. The van der Waals surface area contributed by atoms with Crippen molar-refractivity contribution in [3.63, 3.8) is 0 Å². The van der Waals surface area contributed by atoms with Crippen LogP contribution in [0.25, 0.3) is 11.1 Å². The van der Waals surface area contributed by atoms with Gasteiger partial charge in [-0.3, -0.25) is 15.0 Å². The molecule has 1 saturated heterocycles. The number of methoxy groups -OCH3 is 1. The molecule has 0 bridgehead atoms. The number of hydrogen-bond donors (Lipinski definition) is 3. The third-order valence-corrected chi connectivity index (χ3v) is 5.44. The molecular weight excluding hydrogens is 398 g/mol. The number of esters is 1. The van der Waals surface area contributed by atoms with Gasteiger partial charge < -0.3 is 25.2 Å². The summed E-state index contributed by atoms with van der Waals surface area (Å²) in [4.78, 5) is 25.7. The molecule has 0 spiro atoms. The van der Waals surface area contributed by atoms with Crippen LogP contribution in [0.1, 0.15) is 18.4 Å². The molecule has 2 aromatic carbocycles. The van der Waals surface area contributed by atoms with Crippen molar-refractivity contribution < 1.29 is 24.2 Å². The van der Waals surface area contributed by atoms with Crippen LogP contribution in [0.2, 0.25) is 0 Å². The number of rotatable bonds is 9. The van der Waals surface area contributed by atoms with Crippen molar-refractivity contribution in [3.05, 3.63) is 54.1 Å². The summed E-state index contributed by atoms with van der Waals surface area (Å²) in [5, 5.41) is 16.8. The molecule has 8 nitrogen and oxygen atoms in total. The number of carbonyl (C=O) groups is 2. The molecule has 31 heavy (non-hydrogen) atoms. The number of β-amino-alcohol motifs (C(OH)–C–C–N with tert-alkyl or cyclic N) is 1. The Balaban J connectivity index is 1.62. The molecule has 1 amide bonds. The van der Waals surface area contributed by atoms with Gasteiger partial charge in [-0.15, -0.1) is 0 Å². The predicted molar refractivity (Wildman–Crippen MR) is 116 cm³/mol. The fourth-order valence-corrected chi connectivity index (χ4v) is 3.76. The fraction of sp³-hybridized carbons (Fsp3) is 0.348. The smallest absolute Gasteiger partial charge is 0.306 e. The average Bonchev–Trinajstić information content (AvgIpc) is 3.07. The summed E-state index contributed by atoms with van der Waals surface area (Å²) in [6.07, 6.45) is 0.513. The minimum Gasteiger partial charge on any atom is -0.491 e. The molecule has 1 aliphatic rings. The van der Waals surface area contributed by atoms with Crippen molar-refractivity contribution in [3.8, 4) is 16.9 Å². The van der Waals surface area contributed by atoms with E-state index >= 15 is 0 Å². The van der Waals surface area contributed by atoms with Gasteiger partial charge in [-0.05, 0) is 29.7 Å². The number of aliphatic hydroxyl groups is 1. The molecule has 0 saturated carbocycles. The number of amidine groups is 1. The maximum Gasteiger partial charge on any atom is 0.306 e. The highest BCUT2D eigenvalue weighted by molar-refractivity contribution is 5.95. The van der Waals surface area contributed by atoms with E-state index in [-0.39, 0.29) is 44.0 Å². The Hall–Kier alpha value is -3.39. The molecule has 164 valence electrons. The lowest BCUT2D eigenvalue weighted by Crippen LogP contribution is -2.39. The number of nitrogens with two attached hydrogens (primary N) is 1. The van der Waals surface area contributed by atoms with Gasteiger partial charge in [0.25, 0.3) is 0 Å². The molecule has 1 aliphatic heterocycles. The molecule has 1 heterocycles. The summed E-state index contributed by atoms with van der Waals surface area (Å²) in [7, 11) is 1.30. The Morgan fingerprint density at radius 1 is 1.16 bits per heavy atom. The molecule has 3 rings (SSSR count). The minimum absolute atomic E-state index is 0.0322. The zero-order valence-corrected chi connectivity index (χ0v) is 17.4. The SMILES string of the molecule is COC(=O)C[C@@H]1C[C@@H](COc2ccc(-c3ccc(C(=N)N)cc3)cc2)N(CCO)C1=O. The number of ether oxygens (including phenoxy) is 2. The summed E-state index contributed by atoms with van der Waals surface area (Å²) < 4.78 is 10.6. The fourth-order valence-electron chi connectivity index (χ4n) is 3.76. The van der Waals surface area contributed by atoms with Crippen LogP contribution in [0.15, 0.2) is 48.5 Å². The number of nitrogens with zero attached hydrogens (tertiary/aromatic N) is 1. The molecule has 2 aromatic rings. The summed E-state index contributed by atoms with van der Waals surface area (Å²) in [5.41, 5.74) is 8.16. The van der Waals surface area contributed by atoms with Crippen molar-refractivity contribution in [1.82, 2.24) is 4.90 Å². The van der Waals surface area contributed by atoms with Crippen LogP contribution in [0.5, 0.6) is 5.75 Å². The number of likely N-dealkylation sites (tertiary alicyclic amines) is 1. The van der Waals surface area contributed by atoms with Gasteiger partial charge in [0.2, 0.25) is 5.91 Å². The highest BCUT2D eigenvalue weighted by Crippen LogP contribution is 2.29. The van der Waals surface area contributed by atoms with Crippen LogP contribution in [0, 0.1) is 11.3 Å². The van der Waals surface area contributed by atoms with Crippen LogP contribution in [0.4, 0.5) is 0 Å². The molecular formula is C23H27N3O5. The Morgan fingerprint density at radius 3 is 2.32 bits per heavy atom. The van der Waals surface area contributed by atoms with E-state index in [1.807, 2.05) is 36.4 Å². The zero-order valence-electron chi connectivity index (χ0n) is 17.4. The van der Waals surface area contributed by atoms with Gasteiger partial charge in [0, 0.05) is 12.1 Å². The second kappa shape index (κ2) is 10.1. The lowest BCUT2D eigenvalue weighted by atomic mass is 10.0. The van der Waals surface area contributed by atoms with Gasteiger partial charge in [-0.2, -0.15) is 0 Å². The highest BCUT2D eigenvalue weighted by Gasteiger charge is 2.40.